The highest BCUT2D eigenvalue weighted by Crippen LogP contribution is 2.41. The summed E-state index contributed by atoms with van der Waals surface area (Å²) in [6.07, 6.45) is 6.85. The summed E-state index contributed by atoms with van der Waals surface area (Å²) in [5.74, 6) is -0.0292. The number of fused-ring (bicyclic) bond motifs is 1. The van der Waals surface area contributed by atoms with Gasteiger partial charge in [0.25, 0.3) is 5.56 Å². The molecular formula is C18H17FN4O2. The Hall–Kier alpha value is -2.96. The third kappa shape index (κ3) is 2.61. The van der Waals surface area contributed by atoms with Crippen LogP contribution in [0.15, 0.2) is 46.3 Å². The molecule has 0 bridgehead atoms. The van der Waals surface area contributed by atoms with Crippen molar-refractivity contribution in [1.82, 2.24) is 19.2 Å². The molecular weight excluding hydrogens is 323 g/mol. The molecule has 1 N–H and O–H groups in total. The first-order chi connectivity index (χ1) is 11.8. The van der Waals surface area contributed by atoms with Crippen LogP contribution in [0.2, 0.25) is 0 Å². The molecule has 0 spiro atoms. The lowest BCUT2D eigenvalue weighted by molar-refractivity contribution is 0.471. The average Bonchev–Trinajstić information content (AvgIpc) is 3.09. The Morgan fingerprint density at radius 3 is 2.72 bits per heavy atom. The Labute approximate surface area is 142 Å². The summed E-state index contributed by atoms with van der Waals surface area (Å²) in [4.78, 5) is 25.6. The van der Waals surface area contributed by atoms with Crippen LogP contribution in [0.3, 0.4) is 0 Å². The lowest BCUT2D eigenvalue weighted by Gasteiger charge is -2.12. The molecule has 0 aromatic carbocycles. The number of rotatable bonds is 2. The molecule has 0 unspecified atom stereocenters. The quantitative estimate of drug-likeness (QED) is 0.779. The Bertz CT molecular complexity index is 1130. The van der Waals surface area contributed by atoms with Gasteiger partial charge < -0.3 is 0 Å². The van der Waals surface area contributed by atoms with E-state index in [1.165, 1.54) is 33.6 Å². The second-order valence-corrected chi connectivity index (χ2v) is 7.01. The van der Waals surface area contributed by atoms with Crippen molar-refractivity contribution in [1.29, 1.82) is 0 Å². The van der Waals surface area contributed by atoms with Gasteiger partial charge in [-0.2, -0.15) is 0 Å². The number of hydrogen-bond donors (Lipinski definition) is 1. The van der Waals surface area contributed by atoms with Crippen LogP contribution in [0.5, 0.6) is 0 Å². The summed E-state index contributed by atoms with van der Waals surface area (Å²) in [7, 11) is 0. The Balaban J connectivity index is 2.00. The van der Waals surface area contributed by atoms with Gasteiger partial charge in [0.05, 0.1) is 0 Å². The molecule has 0 fully saturated rings. The first-order valence-corrected chi connectivity index (χ1v) is 8.06. The third-order valence-corrected chi connectivity index (χ3v) is 4.58. The molecule has 0 amide bonds. The summed E-state index contributed by atoms with van der Waals surface area (Å²) >= 11 is 0. The van der Waals surface area contributed by atoms with Crippen LogP contribution in [0, 0.1) is 11.2 Å². The molecule has 3 aromatic rings. The van der Waals surface area contributed by atoms with Gasteiger partial charge in [-0.1, -0.05) is 19.9 Å². The fraction of sp³-hybridized carbons (Fsp3) is 0.278. The van der Waals surface area contributed by atoms with E-state index in [2.05, 4.69) is 30.0 Å². The number of H-pyrrole nitrogens is 1. The van der Waals surface area contributed by atoms with E-state index in [1.807, 2.05) is 0 Å². The van der Waals surface area contributed by atoms with Gasteiger partial charge in [-0.15, -0.1) is 5.10 Å². The standard InChI is InChI=1S/C18H17FN4O2/c1-18(2)6-3-11(10-18)12-9-14(21-23-8-4-13(19)16(12)23)22-7-5-15(24)20-17(22)25/h4-5,7-10H,3,6H2,1-2H3,(H,20,24,25). The van der Waals surface area contributed by atoms with Crippen molar-refractivity contribution in [3.8, 4) is 5.82 Å². The van der Waals surface area contributed by atoms with Gasteiger partial charge in [0, 0.05) is 24.0 Å². The van der Waals surface area contributed by atoms with E-state index in [0.717, 1.165) is 24.0 Å². The Morgan fingerprint density at radius 1 is 1.24 bits per heavy atom. The predicted octanol–water partition coefficient (Wildman–Crippen LogP) is 2.52. The van der Waals surface area contributed by atoms with Crippen LogP contribution in [-0.4, -0.2) is 19.2 Å². The van der Waals surface area contributed by atoms with Crippen molar-refractivity contribution in [2.45, 2.75) is 26.7 Å². The van der Waals surface area contributed by atoms with Crippen LogP contribution in [0.4, 0.5) is 4.39 Å². The average molecular weight is 340 g/mol. The largest absolute Gasteiger partial charge is 0.334 e. The lowest BCUT2D eigenvalue weighted by Crippen LogP contribution is -2.28. The van der Waals surface area contributed by atoms with Gasteiger partial charge >= 0.3 is 5.69 Å². The van der Waals surface area contributed by atoms with Gasteiger partial charge in [0.15, 0.2) is 11.6 Å². The molecule has 0 aliphatic heterocycles. The predicted molar refractivity (Wildman–Crippen MR) is 92.4 cm³/mol. The molecule has 0 saturated heterocycles. The van der Waals surface area contributed by atoms with Gasteiger partial charge in [-0.3, -0.25) is 14.3 Å². The minimum Gasteiger partial charge on any atom is -0.274 e. The smallest absolute Gasteiger partial charge is 0.274 e. The number of aromatic amines is 1. The van der Waals surface area contributed by atoms with Crippen molar-refractivity contribution in [3.63, 3.8) is 0 Å². The Morgan fingerprint density at radius 2 is 2.04 bits per heavy atom. The zero-order valence-corrected chi connectivity index (χ0v) is 13.9. The van der Waals surface area contributed by atoms with E-state index < -0.39 is 11.2 Å². The molecule has 128 valence electrons. The van der Waals surface area contributed by atoms with Gasteiger partial charge in [-0.05, 0) is 36.0 Å². The second kappa shape index (κ2) is 5.27. The minimum absolute atomic E-state index is 0.0493. The summed E-state index contributed by atoms with van der Waals surface area (Å²) in [6.45, 7) is 4.28. The normalized spacial score (nSPS) is 16.4. The zero-order valence-electron chi connectivity index (χ0n) is 13.9. The monoisotopic (exact) mass is 340 g/mol. The maximum Gasteiger partial charge on any atom is 0.334 e. The van der Waals surface area contributed by atoms with Gasteiger partial charge in [-0.25, -0.2) is 13.7 Å². The van der Waals surface area contributed by atoms with Crippen LogP contribution in [-0.2, 0) is 0 Å². The highest BCUT2D eigenvalue weighted by Gasteiger charge is 2.26. The van der Waals surface area contributed by atoms with E-state index in [0.29, 0.717) is 11.3 Å². The highest BCUT2D eigenvalue weighted by atomic mass is 19.1. The molecule has 1 aliphatic rings. The van der Waals surface area contributed by atoms with Crippen molar-refractivity contribution in [3.05, 3.63) is 68.9 Å². The Kier molecular flexibility index (Phi) is 3.28. The number of allylic oxidation sites excluding steroid dienone is 2. The molecule has 0 atom stereocenters. The molecule has 6 nitrogen and oxygen atoms in total. The van der Waals surface area contributed by atoms with Crippen molar-refractivity contribution < 1.29 is 4.39 Å². The number of nitrogens with zero attached hydrogens (tertiary/aromatic N) is 3. The number of hydrogen-bond acceptors (Lipinski definition) is 3. The van der Waals surface area contributed by atoms with Crippen molar-refractivity contribution in [2.24, 2.45) is 5.41 Å². The van der Waals surface area contributed by atoms with Crippen LogP contribution < -0.4 is 11.2 Å². The van der Waals surface area contributed by atoms with Crippen molar-refractivity contribution >= 4 is 11.1 Å². The van der Waals surface area contributed by atoms with Crippen LogP contribution in [0.25, 0.3) is 16.9 Å². The molecule has 1 aliphatic carbocycles. The van der Waals surface area contributed by atoms with E-state index in [4.69, 9.17) is 0 Å². The van der Waals surface area contributed by atoms with Crippen LogP contribution in [0.1, 0.15) is 32.3 Å². The third-order valence-electron chi connectivity index (χ3n) is 4.58. The summed E-state index contributed by atoms with van der Waals surface area (Å²) in [5, 5.41) is 4.32. The summed E-state index contributed by atoms with van der Waals surface area (Å²) in [6, 6.07) is 4.30. The van der Waals surface area contributed by atoms with Gasteiger partial charge in [0.2, 0.25) is 0 Å². The fourth-order valence-corrected chi connectivity index (χ4v) is 3.32. The molecule has 7 heteroatoms. The molecule has 3 aromatic heterocycles. The highest BCUT2D eigenvalue weighted by molar-refractivity contribution is 5.81. The number of aromatic nitrogens is 4. The van der Waals surface area contributed by atoms with Crippen LogP contribution >= 0.6 is 0 Å². The van der Waals surface area contributed by atoms with E-state index >= 15 is 0 Å². The fourth-order valence-electron chi connectivity index (χ4n) is 3.32. The summed E-state index contributed by atoms with van der Waals surface area (Å²) < 4.78 is 17.0. The SMILES string of the molecule is CC1(C)C=C(c2cc(-n3ccc(=O)[nH]c3=O)nn3ccc(F)c23)CC1. The maximum atomic E-state index is 14.3. The van der Waals surface area contributed by atoms with Crippen molar-refractivity contribution in [2.75, 3.05) is 0 Å². The van der Waals surface area contributed by atoms with E-state index in [9.17, 15) is 14.0 Å². The molecule has 0 radical (unpaired) electrons. The molecule has 4 rings (SSSR count). The molecule has 3 heterocycles. The number of nitrogens with one attached hydrogen (secondary N) is 1. The number of halogens is 1. The molecule has 25 heavy (non-hydrogen) atoms. The maximum absolute atomic E-state index is 14.3. The lowest BCUT2D eigenvalue weighted by atomic mass is 9.94. The topological polar surface area (TPSA) is 72.2 Å². The summed E-state index contributed by atoms with van der Waals surface area (Å²) in [5.41, 5.74) is 1.14. The van der Waals surface area contributed by atoms with E-state index in [-0.39, 0.29) is 11.2 Å². The van der Waals surface area contributed by atoms with Gasteiger partial charge in [0.1, 0.15) is 5.52 Å². The minimum atomic E-state index is -0.585. The van der Waals surface area contributed by atoms with E-state index in [1.54, 1.807) is 6.07 Å². The first kappa shape index (κ1) is 15.6. The second-order valence-electron chi connectivity index (χ2n) is 7.01. The molecule has 0 saturated carbocycles. The zero-order chi connectivity index (χ0) is 17.8. The first-order valence-electron chi connectivity index (χ1n) is 8.06.